The molecule has 5 nitrogen and oxygen atoms in total. The topological polar surface area (TPSA) is 59.6 Å². The van der Waals surface area contributed by atoms with Crippen molar-refractivity contribution in [1.82, 2.24) is 10.6 Å². The van der Waals surface area contributed by atoms with Gasteiger partial charge in [0.1, 0.15) is 12.4 Å². The van der Waals surface area contributed by atoms with Crippen LogP contribution in [-0.2, 0) is 4.74 Å². The van der Waals surface area contributed by atoms with Crippen LogP contribution in [0.5, 0.6) is 5.75 Å². The number of methoxy groups -OCH3 is 1. The number of ether oxygens (including phenoxy) is 2. The molecule has 0 bridgehead atoms. The number of benzene rings is 1. The van der Waals surface area contributed by atoms with E-state index < -0.39 is 0 Å². The average molecular weight is 301 g/mol. The van der Waals surface area contributed by atoms with Gasteiger partial charge in [0.05, 0.1) is 11.6 Å². The molecule has 20 heavy (non-hydrogen) atoms. The molecule has 0 aliphatic carbocycles. The van der Waals surface area contributed by atoms with E-state index in [1.807, 2.05) is 19.1 Å². The molecule has 0 fully saturated rings. The third kappa shape index (κ3) is 6.63. The van der Waals surface area contributed by atoms with Crippen LogP contribution in [-0.4, -0.2) is 39.4 Å². The highest BCUT2D eigenvalue weighted by atomic mass is 35.5. The molecule has 0 aliphatic rings. The molecule has 0 atom stereocenters. The summed E-state index contributed by atoms with van der Waals surface area (Å²) in [6.07, 6.45) is 0.791. The Morgan fingerprint density at radius 1 is 1.25 bits per heavy atom. The van der Waals surface area contributed by atoms with Crippen molar-refractivity contribution in [1.29, 1.82) is 0 Å². The molecule has 0 saturated heterocycles. The second-order valence-corrected chi connectivity index (χ2v) is 4.72. The van der Waals surface area contributed by atoms with Gasteiger partial charge in [0.15, 0.2) is 0 Å². The largest absolute Gasteiger partial charge is 0.490 e. The molecule has 0 saturated carbocycles. The van der Waals surface area contributed by atoms with Gasteiger partial charge in [-0.25, -0.2) is 4.79 Å². The number of urea groups is 1. The monoisotopic (exact) mass is 300 g/mol. The van der Waals surface area contributed by atoms with Crippen LogP contribution in [0.1, 0.15) is 12.0 Å². The molecule has 1 aromatic carbocycles. The molecule has 1 aromatic rings. The van der Waals surface area contributed by atoms with Crippen LogP contribution in [0.3, 0.4) is 0 Å². The van der Waals surface area contributed by atoms with Gasteiger partial charge in [-0.1, -0.05) is 17.7 Å². The predicted octanol–water partition coefficient (Wildman–Crippen LogP) is 2.36. The fourth-order valence-electron chi connectivity index (χ4n) is 1.53. The number of aryl methyl sites for hydroxylation is 1. The zero-order valence-corrected chi connectivity index (χ0v) is 12.6. The molecular formula is C14H21ClN2O3. The average Bonchev–Trinajstić information content (AvgIpc) is 2.43. The van der Waals surface area contributed by atoms with Crippen LogP contribution < -0.4 is 15.4 Å². The summed E-state index contributed by atoms with van der Waals surface area (Å²) in [6.45, 7) is 3.98. The van der Waals surface area contributed by atoms with Crippen LogP contribution in [0.2, 0.25) is 5.02 Å². The van der Waals surface area contributed by atoms with Crippen molar-refractivity contribution in [2.75, 3.05) is 33.4 Å². The van der Waals surface area contributed by atoms with E-state index >= 15 is 0 Å². The molecule has 0 aliphatic heterocycles. The Balaban J connectivity index is 2.15. The van der Waals surface area contributed by atoms with Gasteiger partial charge in [-0.3, -0.25) is 0 Å². The Kier molecular flexibility index (Phi) is 7.84. The first kappa shape index (κ1) is 16.6. The summed E-state index contributed by atoms with van der Waals surface area (Å²) < 4.78 is 10.4. The number of hydrogen-bond donors (Lipinski definition) is 2. The summed E-state index contributed by atoms with van der Waals surface area (Å²) in [5, 5.41) is 6.00. The standard InChI is InChI=1S/C14H21ClN2O3/c1-11-4-5-12(15)13(10-11)20-9-7-17-14(18)16-6-3-8-19-2/h4-5,10H,3,6-9H2,1-2H3,(H2,16,17,18). The molecule has 2 amide bonds. The molecule has 1 rings (SSSR count). The van der Waals surface area contributed by atoms with Crippen molar-refractivity contribution >= 4 is 17.6 Å². The maximum Gasteiger partial charge on any atom is 0.314 e. The molecule has 0 unspecified atom stereocenters. The molecule has 0 aromatic heterocycles. The summed E-state index contributed by atoms with van der Waals surface area (Å²) in [5.74, 6) is 0.633. The second kappa shape index (κ2) is 9.44. The lowest BCUT2D eigenvalue weighted by atomic mass is 10.2. The Hall–Kier alpha value is -1.46. The first-order valence-corrected chi connectivity index (χ1v) is 6.91. The van der Waals surface area contributed by atoms with Crippen molar-refractivity contribution < 1.29 is 14.3 Å². The van der Waals surface area contributed by atoms with Crippen LogP contribution >= 0.6 is 11.6 Å². The SMILES string of the molecule is COCCCNC(=O)NCCOc1cc(C)ccc1Cl. The highest BCUT2D eigenvalue weighted by Gasteiger charge is 2.02. The number of rotatable bonds is 8. The van der Waals surface area contributed by atoms with Gasteiger partial charge >= 0.3 is 6.03 Å². The molecule has 0 heterocycles. The van der Waals surface area contributed by atoms with Crippen LogP contribution in [0.15, 0.2) is 18.2 Å². The zero-order valence-electron chi connectivity index (χ0n) is 11.9. The highest BCUT2D eigenvalue weighted by molar-refractivity contribution is 6.32. The Labute approximate surface area is 124 Å². The second-order valence-electron chi connectivity index (χ2n) is 4.31. The fraction of sp³-hybridized carbons (Fsp3) is 0.500. The van der Waals surface area contributed by atoms with Crippen molar-refractivity contribution in [2.24, 2.45) is 0 Å². The van der Waals surface area contributed by atoms with Crippen molar-refractivity contribution in [2.45, 2.75) is 13.3 Å². The normalized spacial score (nSPS) is 10.2. The van der Waals surface area contributed by atoms with Gasteiger partial charge in [0, 0.05) is 20.3 Å². The first-order chi connectivity index (χ1) is 9.63. The predicted molar refractivity (Wildman–Crippen MR) is 79.6 cm³/mol. The molecule has 0 spiro atoms. The molecular weight excluding hydrogens is 280 g/mol. The number of carbonyl (C=O) groups is 1. The number of nitrogens with one attached hydrogen (secondary N) is 2. The van der Waals surface area contributed by atoms with E-state index in [1.54, 1.807) is 13.2 Å². The summed E-state index contributed by atoms with van der Waals surface area (Å²) in [4.78, 5) is 11.4. The fourth-order valence-corrected chi connectivity index (χ4v) is 1.70. The highest BCUT2D eigenvalue weighted by Crippen LogP contribution is 2.24. The number of carbonyl (C=O) groups excluding carboxylic acids is 1. The van der Waals surface area contributed by atoms with Crippen LogP contribution in [0.4, 0.5) is 4.79 Å². The Bertz CT molecular complexity index is 427. The number of amides is 2. The molecule has 2 N–H and O–H groups in total. The van der Waals surface area contributed by atoms with Crippen molar-refractivity contribution in [3.05, 3.63) is 28.8 Å². The summed E-state index contributed by atoms with van der Waals surface area (Å²) in [7, 11) is 1.63. The van der Waals surface area contributed by atoms with E-state index in [1.165, 1.54) is 0 Å². The molecule has 112 valence electrons. The number of halogens is 1. The minimum Gasteiger partial charge on any atom is -0.490 e. The summed E-state index contributed by atoms with van der Waals surface area (Å²) in [6, 6.07) is 5.37. The van der Waals surface area contributed by atoms with Gasteiger partial charge in [-0.15, -0.1) is 0 Å². The molecule has 0 radical (unpaired) electrons. The van der Waals surface area contributed by atoms with Gasteiger partial charge in [-0.05, 0) is 31.0 Å². The van der Waals surface area contributed by atoms with Crippen LogP contribution in [0, 0.1) is 6.92 Å². The number of hydrogen-bond acceptors (Lipinski definition) is 3. The van der Waals surface area contributed by atoms with Gasteiger partial charge < -0.3 is 20.1 Å². The van der Waals surface area contributed by atoms with Gasteiger partial charge in [0.25, 0.3) is 0 Å². The van der Waals surface area contributed by atoms with Gasteiger partial charge in [-0.2, -0.15) is 0 Å². The smallest absolute Gasteiger partial charge is 0.314 e. The molecule has 6 heteroatoms. The first-order valence-electron chi connectivity index (χ1n) is 6.53. The lowest BCUT2D eigenvalue weighted by molar-refractivity contribution is 0.193. The van der Waals surface area contributed by atoms with E-state index in [0.29, 0.717) is 37.1 Å². The summed E-state index contributed by atoms with van der Waals surface area (Å²) in [5.41, 5.74) is 1.08. The van der Waals surface area contributed by atoms with Crippen molar-refractivity contribution in [3.8, 4) is 5.75 Å². The minimum atomic E-state index is -0.208. The lowest BCUT2D eigenvalue weighted by Gasteiger charge is -2.10. The van der Waals surface area contributed by atoms with Crippen molar-refractivity contribution in [3.63, 3.8) is 0 Å². The van der Waals surface area contributed by atoms with Gasteiger partial charge in [0.2, 0.25) is 0 Å². The van der Waals surface area contributed by atoms with E-state index in [9.17, 15) is 4.79 Å². The lowest BCUT2D eigenvalue weighted by Crippen LogP contribution is -2.38. The Morgan fingerprint density at radius 2 is 2.00 bits per heavy atom. The quantitative estimate of drug-likeness (QED) is 0.725. The minimum absolute atomic E-state index is 0.208. The van der Waals surface area contributed by atoms with E-state index in [-0.39, 0.29) is 6.03 Å². The third-order valence-corrected chi connectivity index (χ3v) is 2.85. The van der Waals surface area contributed by atoms with E-state index in [4.69, 9.17) is 21.1 Å². The zero-order chi connectivity index (χ0) is 14.8. The summed E-state index contributed by atoms with van der Waals surface area (Å²) >= 11 is 6.00. The third-order valence-electron chi connectivity index (χ3n) is 2.54. The van der Waals surface area contributed by atoms with E-state index in [0.717, 1.165) is 12.0 Å². The Morgan fingerprint density at radius 3 is 2.75 bits per heavy atom. The maximum atomic E-state index is 11.4. The van der Waals surface area contributed by atoms with E-state index in [2.05, 4.69) is 10.6 Å². The van der Waals surface area contributed by atoms with Crippen LogP contribution in [0.25, 0.3) is 0 Å². The maximum absolute atomic E-state index is 11.4.